The van der Waals surface area contributed by atoms with Gasteiger partial charge in [-0.1, -0.05) is 62.4 Å². The third-order valence-electron chi connectivity index (χ3n) is 6.25. The highest BCUT2D eigenvalue weighted by atomic mass is 15.2. The number of benzene rings is 2. The predicted octanol–water partition coefficient (Wildman–Crippen LogP) is 5.24. The molecule has 0 atom stereocenters. The molecule has 4 rings (SSSR count). The SMILES string of the molecule is CC(C)C1CCN(C2c3ccccc3CCc3ccccc32)CC1. The van der Waals surface area contributed by atoms with Gasteiger partial charge in [0, 0.05) is 0 Å². The maximum Gasteiger partial charge on any atom is 0.0607 e. The highest BCUT2D eigenvalue weighted by Crippen LogP contribution is 2.39. The van der Waals surface area contributed by atoms with Crippen molar-refractivity contribution in [2.75, 3.05) is 13.1 Å². The molecule has 2 aliphatic rings. The lowest BCUT2D eigenvalue weighted by molar-refractivity contribution is 0.130. The van der Waals surface area contributed by atoms with E-state index in [2.05, 4.69) is 67.3 Å². The highest BCUT2D eigenvalue weighted by molar-refractivity contribution is 5.44. The third-order valence-corrected chi connectivity index (χ3v) is 6.25. The summed E-state index contributed by atoms with van der Waals surface area (Å²) in [5.41, 5.74) is 6.19. The molecular weight excluding hydrogens is 290 g/mol. The van der Waals surface area contributed by atoms with E-state index in [1.165, 1.54) is 38.8 Å². The molecule has 0 radical (unpaired) electrons. The van der Waals surface area contributed by atoms with Crippen molar-refractivity contribution in [3.63, 3.8) is 0 Å². The van der Waals surface area contributed by atoms with Crippen LogP contribution in [-0.4, -0.2) is 18.0 Å². The Morgan fingerprint density at radius 2 is 1.29 bits per heavy atom. The van der Waals surface area contributed by atoms with Crippen molar-refractivity contribution in [1.29, 1.82) is 0 Å². The van der Waals surface area contributed by atoms with Crippen LogP contribution in [0.1, 0.15) is 55.0 Å². The largest absolute Gasteiger partial charge is 0.292 e. The molecule has 0 amide bonds. The van der Waals surface area contributed by atoms with E-state index in [0.29, 0.717) is 6.04 Å². The number of rotatable bonds is 2. The van der Waals surface area contributed by atoms with Crippen LogP contribution in [0.4, 0.5) is 0 Å². The topological polar surface area (TPSA) is 3.24 Å². The molecule has 0 aromatic heterocycles. The zero-order valence-electron chi connectivity index (χ0n) is 15.0. The maximum atomic E-state index is 2.75. The van der Waals surface area contributed by atoms with Crippen LogP contribution in [0.2, 0.25) is 0 Å². The molecule has 0 spiro atoms. The molecule has 0 N–H and O–H groups in total. The Morgan fingerprint density at radius 1 is 0.792 bits per heavy atom. The smallest absolute Gasteiger partial charge is 0.0607 e. The molecule has 0 saturated carbocycles. The number of hydrogen-bond acceptors (Lipinski definition) is 1. The lowest BCUT2D eigenvalue weighted by Gasteiger charge is -2.39. The van der Waals surface area contributed by atoms with Gasteiger partial charge in [0.1, 0.15) is 0 Å². The molecule has 0 bridgehead atoms. The van der Waals surface area contributed by atoms with Crippen LogP contribution in [-0.2, 0) is 12.8 Å². The maximum absolute atomic E-state index is 2.75. The summed E-state index contributed by atoms with van der Waals surface area (Å²) in [5, 5.41) is 0. The Bertz CT molecular complexity index is 647. The summed E-state index contributed by atoms with van der Waals surface area (Å²) in [5.74, 6) is 1.72. The first kappa shape index (κ1) is 15.9. The minimum Gasteiger partial charge on any atom is -0.292 e. The van der Waals surface area contributed by atoms with Crippen LogP contribution in [0.15, 0.2) is 48.5 Å². The summed E-state index contributed by atoms with van der Waals surface area (Å²) in [4.78, 5) is 2.75. The lowest BCUT2D eigenvalue weighted by atomic mass is 9.84. The normalized spacial score (nSPS) is 19.8. The average Bonchev–Trinajstić information content (AvgIpc) is 2.79. The van der Waals surface area contributed by atoms with E-state index in [-0.39, 0.29) is 0 Å². The summed E-state index contributed by atoms with van der Waals surface area (Å²) in [6, 6.07) is 18.7. The van der Waals surface area contributed by atoms with E-state index < -0.39 is 0 Å². The molecule has 1 fully saturated rings. The Balaban J connectivity index is 1.71. The van der Waals surface area contributed by atoms with Gasteiger partial charge in [-0.25, -0.2) is 0 Å². The van der Waals surface area contributed by atoms with Crippen molar-refractivity contribution in [2.45, 2.75) is 45.6 Å². The Hall–Kier alpha value is -1.60. The predicted molar refractivity (Wildman–Crippen MR) is 101 cm³/mol. The van der Waals surface area contributed by atoms with E-state index in [9.17, 15) is 0 Å². The van der Waals surface area contributed by atoms with Crippen molar-refractivity contribution in [2.24, 2.45) is 11.8 Å². The lowest BCUT2D eigenvalue weighted by Crippen LogP contribution is -2.38. The zero-order chi connectivity index (χ0) is 16.5. The van der Waals surface area contributed by atoms with Crippen LogP contribution < -0.4 is 0 Å². The average molecular weight is 319 g/mol. The second-order valence-electron chi connectivity index (χ2n) is 7.92. The monoisotopic (exact) mass is 319 g/mol. The molecule has 0 unspecified atom stereocenters. The van der Waals surface area contributed by atoms with Gasteiger partial charge in [-0.2, -0.15) is 0 Å². The first-order chi connectivity index (χ1) is 11.7. The highest BCUT2D eigenvalue weighted by Gasteiger charge is 2.31. The van der Waals surface area contributed by atoms with Gasteiger partial charge in [-0.15, -0.1) is 0 Å². The van der Waals surface area contributed by atoms with Crippen molar-refractivity contribution in [3.05, 3.63) is 70.8 Å². The van der Waals surface area contributed by atoms with Crippen LogP contribution in [0.25, 0.3) is 0 Å². The van der Waals surface area contributed by atoms with Crippen LogP contribution in [0.5, 0.6) is 0 Å². The van der Waals surface area contributed by atoms with Gasteiger partial charge in [-0.3, -0.25) is 4.90 Å². The first-order valence-corrected chi connectivity index (χ1v) is 9.63. The molecule has 2 aromatic carbocycles. The second-order valence-corrected chi connectivity index (χ2v) is 7.92. The second kappa shape index (κ2) is 6.72. The standard InChI is InChI=1S/C23H29N/c1-17(2)18-13-15-24(16-14-18)23-21-9-5-3-7-19(21)11-12-20-8-4-6-10-22(20)23/h3-10,17-18,23H,11-16H2,1-2H3. The number of nitrogens with zero attached hydrogens (tertiary/aromatic N) is 1. The summed E-state index contributed by atoms with van der Waals surface area (Å²) in [6.07, 6.45) is 5.04. The molecule has 1 aliphatic carbocycles. The van der Waals surface area contributed by atoms with Crippen molar-refractivity contribution in [3.8, 4) is 0 Å². The number of aryl methyl sites for hydroxylation is 2. The number of hydrogen-bond donors (Lipinski definition) is 0. The quantitative estimate of drug-likeness (QED) is 0.731. The molecule has 1 saturated heterocycles. The van der Waals surface area contributed by atoms with Gasteiger partial charge in [-0.05, 0) is 72.9 Å². The minimum absolute atomic E-state index is 0.452. The molecule has 1 heteroatoms. The first-order valence-electron chi connectivity index (χ1n) is 9.63. The van der Waals surface area contributed by atoms with E-state index in [4.69, 9.17) is 0 Å². The molecular formula is C23H29N. The number of piperidine rings is 1. The van der Waals surface area contributed by atoms with E-state index in [1.807, 2.05) is 0 Å². The van der Waals surface area contributed by atoms with Gasteiger partial charge in [0.2, 0.25) is 0 Å². The van der Waals surface area contributed by atoms with Crippen LogP contribution in [0.3, 0.4) is 0 Å². The Labute approximate surface area is 146 Å². The van der Waals surface area contributed by atoms with E-state index in [0.717, 1.165) is 11.8 Å². The van der Waals surface area contributed by atoms with Gasteiger partial charge in [0.05, 0.1) is 6.04 Å². The molecule has 2 aromatic rings. The molecule has 1 heterocycles. The van der Waals surface area contributed by atoms with Gasteiger partial charge >= 0.3 is 0 Å². The fraction of sp³-hybridized carbons (Fsp3) is 0.478. The summed E-state index contributed by atoms with van der Waals surface area (Å²) in [6.45, 7) is 7.24. The Morgan fingerprint density at radius 3 is 1.79 bits per heavy atom. The zero-order valence-corrected chi connectivity index (χ0v) is 15.0. The summed E-state index contributed by atoms with van der Waals surface area (Å²) < 4.78 is 0. The van der Waals surface area contributed by atoms with E-state index >= 15 is 0 Å². The van der Waals surface area contributed by atoms with Gasteiger partial charge in [0.15, 0.2) is 0 Å². The Kier molecular flexibility index (Phi) is 4.45. The van der Waals surface area contributed by atoms with Gasteiger partial charge in [0.25, 0.3) is 0 Å². The summed E-state index contributed by atoms with van der Waals surface area (Å²) in [7, 11) is 0. The fourth-order valence-electron chi connectivity index (χ4n) is 4.73. The van der Waals surface area contributed by atoms with Crippen molar-refractivity contribution in [1.82, 2.24) is 4.90 Å². The number of fused-ring (bicyclic) bond motifs is 2. The third kappa shape index (κ3) is 2.91. The van der Waals surface area contributed by atoms with Gasteiger partial charge < -0.3 is 0 Å². The van der Waals surface area contributed by atoms with Crippen LogP contribution in [0, 0.1) is 11.8 Å². The fourth-order valence-corrected chi connectivity index (χ4v) is 4.73. The van der Waals surface area contributed by atoms with E-state index in [1.54, 1.807) is 22.3 Å². The number of likely N-dealkylation sites (tertiary alicyclic amines) is 1. The van der Waals surface area contributed by atoms with Crippen LogP contribution >= 0.6 is 0 Å². The van der Waals surface area contributed by atoms with Crippen molar-refractivity contribution < 1.29 is 0 Å². The molecule has 1 aliphatic heterocycles. The molecule has 24 heavy (non-hydrogen) atoms. The summed E-state index contributed by atoms with van der Waals surface area (Å²) >= 11 is 0. The molecule has 126 valence electrons. The molecule has 1 nitrogen and oxygen atoms in total. The van der Waals surface area contributed by atoms with Crippen molar-refractivity contribution >= 4 is 0 Å². The minimum atomic E-state index is 0.452.